The fourth-order valence-electron chi connectivity index (χ4n) is 2.94. The van der Waals surface area contributed by atoms with Crippen molar-refractivity contribution in [2.45, 2.75) is 13.0 Å². The van der Waals surface area contributed by atoms with Crippen molar-refractivity contribution < 1.29 is 28.2 Å². The van der Waals surface area contributed by atoms with Gasteiger partial charge in [0.05, 0.1) is 21.3 Å². The van der Waals surface area contributed by atoms with Crippen LogP contribution in [0, 0.1) is 0 Å². The van der Waals surface area contributed by atoms with Gasteiger partial charge in [-0.3, -0.25) is 4.79 Å². The minimum Gasteiger partial charge on any atom is -0.497 e. The average Bonchev–Trinajstić information content (AvgIpc) is 3.27. The maximum absolute atomic E-state index is 12.4. The second-order valence-electron chi connectivity index (χ2n) is 6.39. The molecular weight excluding hydrogens is 386 g/mol. The first-order chi connectivity index (χ1) is 14.6. The van der Waals surface area contributed by atoms with Gasteiger partial charge in [-0.25, -0.2) is 0 Å². The molecule has 0 saturated heterocycles. The van der Waals surface area contributed by atoms with Gasteiger partial charge in [-0.1, -0.05) is 12.1 Å². The van der Waals surface area contributed by atoms with E-state index in [2.05, 4.69) is 5.32 Å². The van der Waals surface area contributed by atoms with Crippen LogP contribution in [0.1, 0.15) is 21.9 Å². The van der Waals surface area contributed by atoms with Gasteiger partial charge in [-0.2, -0.15) is 0 Å². The molecule has 1 heterocycles. The van der Waals surface area contributed by atoms with E-state index in [1.165, 1.54) is 0 Å². The van der Waals surface area contributed by atoms with Crippen LogP contribution in [0.25, 0.3) is 0 Å². The molecule has 158 valence electrons. The molecule has 30 heavy (non-hydrogen) atoms. The van der Waals surface area contributed by atoms with Gasteiger partial charge >= 0.3 is 0 Å². The van der Waals surface area contributed by atoms with Gasteiger partial charge in [0.15, 0.2) is 17.3 Å². The molecule has 0 aliphatic heterocycles. The van der Waals surface area contributed by atoms with Crippen molar-refractivity contribution >= 4 is 5.91 Å². The summed E-state index contributed by atoms with van der Waals surface area (Å²) in [6.45, 7) is 0.616. The molecule has 0 aliphatic carbocycles. The number of carbonyl (C=O) groups excluding carboxylic acids is 1. The first-order valence-electron chi connectivity index (χ1n) is 9.48. The Labute approximate surface area is 175 Å². The summed E-state index contributed by atoms with van der Waals surface area (Å²) in [4.78, 5) is 12.4. The normalized spacial score (nSPS) is 10.4. The van der Waals surface area contributed by atoms with Crippen molar-refractivity contribution in [2.75, 3.05) is 27.9 Å². The molecule has 0 radical (unpaired) electrons. The van der Waals surface area contributed by atoms with Crippen LogP contribution in [0.15, 0.2) is 59.0 Å². The highest BCUT2D eigenvalue weighted by molar-refractivity contribution is 5.91. The fourth-order valence-corrected chi connectivity index (χ4v) is 2.94. The van der Waals surface area contributed by atoms with Crippen molar-refractivity contribution in [3.63, 3.8) is 0 Å². The van der Waals surface area contributed by atoms with E-state index in [1.807, 2.05) is 42.5 Å². The summed E-state index contributed by atoms with van der Waals surface area (Å²) in [7, 11) is 4.81. The quantitative estimate of drug-likeness (QED) is 0.546. The van der Waals surface area contributed by atoms with E-state index in [4.69, 9.17) is 23.4 Å². The Morgan fingerprint density at radius 2 is 1.67 bits per heavy atom. The number of carbonyl (C=O) groups is 1. The summed E-state index contributed by atoms with van der Waals surface area (Å²) in [6.07, 6.45) is 0.594. The molecule has 7 heteroatoms. The second kappa shape index (κ2) is 10.2. The molecule has 0 fully saturated rings. The maximum Gasteiger partial charge on any atom is 0.287 e. The van der Waals surface area contributed by atoms with Crippen LogP contribution in [0.3, 0.4) is 0 Å². The van der Waals surface area contributed by atoms with E-state index in [0.717, 1.165) is 17.1 Å². The van der Waals surface area contributed by atoms with Crippen LogP contribution in [0.2, 0.25) is 0 Å². The van der Waals surface area contributed by atoms with Gasteiger partial charge < -0.3 is 28.7 Å². The highest BCUT2D eigenvalue weighted by Crippen LogP contribution is 2.27. The number of para-hydroxylation sites is 2. The highest BCUT2D eigenvalue weighted by atomic mass is 16.5. The Morgan fingerprint density at radius 1 is 0.900 bits per heavy atom. The van der Waals surface area contributed by atoms with Gasteiger partial charge in [0, 0.05) is 6.54 Å². The van der Waals surface area contributed by atoms with Gasteiger partial charge in [0.2, 0.25) is 0 Å². The van der Waals surface area contributed by atoms with E-state index in [1.54, 1.807) is 33.5 Å². The molecule has 0 spiro atoms. The van der Waals surface area contributed by atoms with Crippen molar-refractivity contribution in [3.05, 3.63) is 71.7 Å². The molecule has 1 amide bonds. The molecule has 7 nitrogen and oxygen atoms in total. The smallest absolute Gasteiger partial charge is 0.287 e. The molecule has 0 unspecified atom stereocenters. The lowest BCUT2D eigenvalue weighted by Gasteiger charge is -2.11. The Bertz CT molecular complexity index is 981. The average molecular weight is 411 g/mol. The number of rotatable bonds is 10. The number of ether oxygens (including phenoxy) is 4. The Morgan fingerprint density at radius 3 is 2.40 bits per heavy atom. The zero-order chi connectivity index (χ0) is 21.3. The van der Waals surface area contributed by atoms with Crippen molar-refractivity contribution in [1.29, 1.82) is 0 Å². The standard InChI is InChI=1S/C23H25NO6/c1-26-17-8-10-19(27-2)16(14-17)12-13-24-23(25)22-11-9-18(30-22)15-29-21-7-5-4-6-20(21)28-3/h4-11,14H,12-13,15H2,1-3H3,(H,24,25). The van der Waals surface area contributed by atoms with Crippen LogP contribution in [0.4, 0.5) is 0 Å². The molecule has 3 rings (SSSR count). The number of amides is 1. The van der Waals surface area contributed by atoms with Gasteiger partial charge in [-0.05, 0) is 54.4 Å². The predicted octanol–water partition coefficient (Wildman–Crippen LogP) is 3.86. The molecule has 2 aromatic carbocycles. The largest absolute Gasteiger partial charge is 0.497 e. The molecular formula is C23H25NO6. The highest BCUT2D eigenvalue weighted by Gasteiger charge is 2.13. The van der Waals surface area contributed by atoms with Gasteiger partial charge in [0.1, 0.15) is 23.9 Å². The van der Waals surface area contributed by atoms with Crippen LogP contribution >= 0.6 is 0 Å². The van der Waals surface area contributed by atoms with Gasteiger partial charge in [0.25, 0.3) is 5.91 Å². The fraction of sp³-hybridized carbons (Fsp3) is 0.261. The number of hydrogen-bond acceptors (Lipinski definition) is 6. The maximum atomic E-state index is 12.4. The first-order valence-corrected chi connectivity index (χ1v) is 9.48. The second-order valence-corrected chi connectivity index (χ2v) is 6.39. The van der Waals surface area contributed by atoms with Crippen molar-refractivity contribution in [3.8, 4) is 23.0 Å². The van der Waals surface area contributed by atoms with Crippen LogP contribution in [-0.2, 0) is 13.0 Å². The van der Waals surface area contributed by atoms with E-state index >= 15 is 0 Å². The summed E-state index contributed by atoms with van der Waals surface area (Å²) >= 11 is 0. The SMILES string of the molecule is COc1ccc(OC)c(CCNC(=O)c2ccc(COc3ccccc3OC)o2)c1. The van der Waals surface area contributed by atoms with E-state index in [0.29, 0.717) is 30.2 Å². The minimum absolute atomic E-state index is 0.189. The van der Waals surface area contributed by atoms with E-state index in [-0.39, 0.29) is 18.3 Å². The lowest BCUT2D eigenvalue weighted by molar-refractivity contribution is 0.0922. The summed E-state index contributed by atoms with van der Waals surface area (Å²) < 4.78 is 27.2. The predicted molar refractivity (Wildman–Crippen MR) is 112 cm³/mol. The molecule has 0 aliphatic rings. The number of nitrogens with one attached hydrogen (secondary N) is 1. The summed E-state index contributed by atoms with van der Waals surface area (Å²) in [5.74, 6) is 3.21. The number of hydrogen-bond donors (Lipinski definition) is 1. The van der Waals surface area contributed by atoms with Crippen LogP contribution < -0.4 is 24.3 Å². The third-order valence-corrected chi connectivity index (χ3v) is 4.49. The summed E-state index contributed by atoms with van der Waals surface area (Å²) in [5.41, 5.74) is 0.947. The molecule has 1 N–H and O–H groups in total. The molecule has 3 aromatic rings. The molecule has 0 bridgehead atoms. The van der Waals surface area contributed by atoms with E-state index in [9.17, 15) is 4.79 Å². The van der Waals surface area contributed by atoms with Crippen LogP contribution in [-0.4, -0.2) is 33.8 Å². The lowest BCUT2D eigenvalue weighted by Crippen LogP contribution is -2.25. The topological polar surface area (TPSA) is 79.2 Å². The number of methoxy groups -OCH3 is 3. The monoisotopic (exact) mass is 411 g/mol. The molecule has 0 saturated carbocycles. The first kappa shape index (κ1) is 21.1. The minimum atomic E-state index is -0.291. The molecule has 0 atom stereocenters. The molecule has 1 aromatic heterocycles. The van der Waals surface area contributed by atoms with Gasteiger partial charge in [-0.15, -0.1) is 0 Å². The Kier molecular flexibility index (Phi) is 7.21. The third kappa shape index (κ3) is 5.26. The zero-order valence-corrected chi connectivity index (χ0v) is 17.3. The van der Waals surface area contributed by atoms with E-state index < -0.39 is 0 Å². The Balaban J connectivity index is 1.53. The third-order valence-electron chi connectivity index (χ3n) is 4.49. The summed E-state index contributed by atoms with van der Waals surface area (Å²) in [6, 6.07) is 16.3. The van der Waals surface area contributed by atoms with Crippen LogP contribution in [0.5, 0.6) is 23.0 Å². The number of benzene rings is 2. The van der Waals surface area contributed by atoms with Crippen molar-refractivity contribution in [1.82, 2.24) is 5.32 Å². The number of furan rings is 1. The Hall–Kier alpha value is -3.61. The lowest BCUT2D eigenvalue weighted by atomic mass is 10.1. The van der Waals surface area contributed by atoms with Crippen molar-refractivity contribution in [2.24, 2.45) is 0 Å². The summed E-state index contributed by atoms with van der Waals surface area (Å²) in [5, 5.41) is 2.85. The zero-order valence-electron chi connectivity index (χ0n) is 17.3.